The number of carbonyl (C=O) groups is 2. The number of amides is 2. The van der Waals surface area contributed by atoms with Gasteiger partial charge in [-0.2, -0.15) is 0 Å². The van der Waals surface area contributed by atoms with Crippen molar-refractivity contribution in [3.8, 4) is 0 Å². The van der Waals surface area contributed by atoms with E-state index in [-0.39, 0.29) is 23.7 Å². The van der Waals surface area contributed by atoms with Crippen molar-refractivity contribution in [3.63, 3.8) is 0 Å². The predicted molar refractivity (Wildman–Crippen MR) is 131 cm³/mol. The van der Waals surface area contributed by atoms with Gasteiger partial charge in [-0.3, -0.25) is 14.5 Å². The summed E-state index contributed by atoms with van der Waals surface area (Å²) in [6.45, 7) is 3.71. The molecule has 0 bridgehead atoms. The molecule has 2 saturated heterocycles. The van der Waals surface area contributed by atoms with Crippen LogP contribution in [-0.4, -0.2) is 80.4 Å². The summed E-state index contributed by atoms with van der Waals surface area (Å²) in [7, 11) is 5.78. The molecule has 34 heavy (non-hydrogen) atoms. The van der Waals surface area contributed by atoms with Crippen LogP contribution in [0.25, 0.3) is 0 Å². The number of piperidine rings is 1. The molecule has 2 aliphatic rings. The lowest BCUT2D eigenvalue weighted by atomic mass is 9.72. The standard InChI is InChI=1S/C27H35FN4O2/c1-29-25(33)22-8-5-7-21(17-22)24-19-32(15-14-31(24)3)26(34)27(10-12-30(2)13-11-27)18-20-6-4-9-23(28)16-20/h4-9,16-17,24H,10-15,18-19H2,1-3H3,(H,29,33)/t24-/m1/s1. The smallest absolute Gasteiger partial charge is 0.251 e. The average Bonchev–Trinajstić information content (AvgIpc) is 2.85. The highest BCUT2D eigenvalue weighted by Crippen LogP contribution is 2.38. The van der Waals surface area contributed by atoms with E-state index in [1.807, 2.05) is 29.2 Å². The van der Waals surface area contributed by atoms with E-state index in [1.54, 1.807) is 25.2 Å². The molecular weight excluding hydrogens is 431 g/mol. The molecule has 2 aromatic carbocycles. The third-order valence-corrected chi connectivity index (χ3v) is 7.53. The molecule has 0 aliphatic carbocycles. The molecule has 2 fully saturated rings. The van der Waals surface area contributed by atoms with Gasteiger partial charge in [-0.25, -0.2) is 4.39 Å². The van der Waals surface area contributed by atoms with E-state index in [0.717, 1.165) is 43.6 Å². The SMILES string of the molecule is CNC(=O)c1cccc([C@H]2CN(C(=O)C3(Cc4cccc(F)c4)CCN(C)CC3)CCN2C)c1. The zero-order valence-corrected chi connectivity index (χ0v) is 20.4. The number of carbonyl (C=O) groups excluding carboxylic acids is 2. The van der Waals surface area contributed by atoms with E-state index in [0.29, 0.717) is 25.1 Å². The Kier molecular flexibility index (Phi) is 7.33. The van der Waals surface area contributed by atoms with Crippen molar-refractivity contribution in [2.75, 3.05) is 53.9 Å². The second kappa shape index (κ2) is 10.2. The highest BCUT2D eigenvalue weighted by Gasteiger charge is 2.44. The Morgan fingerprint density at radius 3 is 2.47 bits per heavy atom. The fourth-order valence-corrected chi connectivity index (χ4v) is 5.34. The van der Waals surface area contributed by atoms with Crippen molar-refractivity contribution < 1.29 is 14.0 Å². The fraction of sp³-hybridized carbons (Fsp3) is 0.481. The quantitative estimate of drug-likeness (QED) is 0.736. The third kappa shape index (κ3) is 5.15. The molecule has 182 valence electrons. The van der Waals surface area contributed by atoms with Crippen molar-refractivity contribution in [2.45, 2.75) is 25.3 Å². The van der Waals surface area contributed by atoms with E-state index in [9.17, 15) is 14.0 Å². The van der Waals surface area contributed by atoms with Crippen molar-refractivity contribution in [1.82, 2.24) is 20.0 Å². The van der Waals surface area contributed by atoms with Gasteiger partial charge in [0.05, 0.1) is 11.5 Å². The first-order chi connectivity index (χ1) is 16.3. The Balaban J connectivity index is 1.58. The molecule has 4 rings (SSSR count). The van der Waals surface area contributed by atoms with E-state index in [1.165, 1.54) is 6.07 Å². The lowest BCUT2D eigenvalue weighted by Gasteiger charge is -2.46. The van der Waals surface area contributed by atoms with Crippen molar-refractivity contribution in [3.05, 3.63) is 71.0 Å². The van der Waals surface area contributed by atoms with Crippen LogP contribution in [0.2, 0.25) is 0 Å². The zero-order valence-electron chi connectivity index (χ0n) is 20.4. The largest absolute Gasteiger partial charge is 0.355 e. The minimum Gasteiger partial charge on any atom is -0.355 e. The molecule has 2 heterocycles. The van der Waals surface area contributed by atoms with Crippen LogP contribution in [0.15, 0.2) is 48.5 Å². The van der Waals surface area contributed by atoms with E-state index in [4.69, 9.17) is 0 Å². The highest BCUT2D eigenvalue weighted by atomic mass is 19.1. The van der Waals surface area contributed by atoms with Crippen LogP contribution < -0.4 is 5.32 Å². The average molecular weight is 467 g/mol. The number of piperazine rings is 1. The first-order valence-corrected chi connectivity index (χ1v) is 12.1. The lowest BCUT2D eigenvalue weighted by molar-refractivity contribution is -0.148. The van der Waals surface area contributed by atoms with Gasteiger partial charge < -0.3 is 15.1 Å². The summed E-state index contributed by atoms with van der Waals surface area (Å²) in [5.74, 6) is -0.206. The number of halogens is 1. The third-order valence-electron chi connectivity index (χ3n) is 7.53. The van der Waals surface area contributed by atoms with E-state index >= 15 is 0 Å². The summed E-state index contributed by atoms with van der Waals surface area (Å²) in [6.07, 6.45) is 2.09. The van der Waals surface area contributed by atoms with Crippen LogP contribution in [0.5, 0.6) is 0 Å². The van der Waals surface area contributed by atoms with Gasteiger partial charge in [0.2, 0.25) is 5.91 Å². The summed E-state index contributed by atoms with van der Waals surface area (Å²) < 4.78 is 13.9. The summed E-state index contributed by atoms with van der Waals surface area (Å²) in [6, 6.07) is 14.3. The predicted octanol–water partition coefficient (Wildman–Crippen LogP) is 2.96. The molecule has 0 aromatic heterocycles. The molecule has 2 amide bonds. The maximum atomic E-state index is 14.1. The first kappa shape index (κ1) is 24.4. The molecule has 6 nitrogen and oxygen atoms in total. The molecule has 0 unspecified atom stereocenters. The van der Waals surface area contributed by atoms with Crippen molar-refractivity contribution in [1.29, 1.82) is 0 Å². The van der Waals surface area contributed by atoms with Crippen LogP contribution >= 0.6 is 0 Å². The van der Waals surface area contributed by atoms with Crippen LogP contribution in [0.4, 0.5) is 4.39 Å². The first-order valence-electron chi connectivity index (χ1n) is 12.1. The van der Waals surface area contributed by atoms with Crippen LogP contribution in [0.3, 0.4) is 0 Å². The van der Waals surface area contributed by atoms with Gasteiger partial charge >= 0.3 is 0 Å². The van der Waals surface area contributed by atoms with E-state index < -0.39 is 5.41 Å². The molecule has 7 heteroatoms. The van der Waals surface area contributed by atoms with Crippen molar-refractivity contribution in [2.24, 2.45) is 5.41 Å². The van der Waals surface area contributed by atoms with Crippen LogP contribution in [-0.2, 0) is 11.2 Å². The number of hydrogen-bond acceptors (Lipinski definition) is 4. The van der Waals surface area contributed by atoms with Gasteiger partial charge in [-0.05, 0) is 81.8 Å². The summed E-state index contributed by atoms with van der Waals surface area (Å²) in [5.41, 5.74) is 2.00. The van der Waals surface area contributed by atoms with Gasteiger partial charge in [-0.1, -0.05) is 24.3 Å². The maximum Gasteiger partial charge on any atom is 0.251 e. The molecule has 1 atom stereocenters. The monoisotopic (exact) mass is 466 g/mol. The minimum absolute atomic E-state index is 0.0137. The summed E-state index contributed by atoms with van der Waals surface area (Å²) >= 11 is 0. The lowest BCUT2D eigenvalue weighted by Crippen LogP contribution is -2.56. The Hall–Kier alpha value is -2.77. The summed E-state index contributed by atoms with van der Waals surface area (Å²) in [5, 5.41) is 2.68. The topological polar surface area (TPSA) is 55.9 Å². The zero-order chi connectivity index (χ0) is 24.3. The number of nitrogens with one attached hydrogen (secondary N) is 1. The Morgan fingerprint density at radius 1 is 1.03 bits per heavy atom. The number of likely N-dealkylation sites (tertiary alicyclic amines) is 1. The maximum absolute atomic E-state index is 14.1. The fourth-order valence-electron chi connectivity index (χ4n) is 5.34. The Morgan fingerprint density at radius 2 is 1.76 bits per heavy atom. The molecule has 2 aromatic rings. The normalized spacial score (nSPS) is 21.3. The number of likely N-dealkylation sites (N-methyl/N-ethyl adjacent to an activating group) is 1. The molecule has 0 spiro atoms. The van der Waals surface area contributed by atoms with Gasteiger partial charge in [0.25, 0.3) is 5.91 Å². The van der Waals surface area contributed by atoms with Gasteiger partial charge in [0, 0.05) is 32.2 Å². The number of hydrogen-bond donors (Lipinski definition) is 1. The summed E-state index contributed by atoms with van der Waals surface area (Å²) in [4.78, 5) is 32.8. The second-order valence-corrected chi connectivity index (χ2v) is 9.84. The Bertz CT molecular complexity index is 1030. The van der Waals surface area contributed by atoms with E-state index in [2.05, 4.69) is 29.2 Å². The number of rotatable bonds is 5. The molecule has 0 saturated carbocycles. The van der Waals surface area contributed by atoms with Gasteiger partial charge in [-0.15, -0.1) is 0 Å². The van der Waals surface area contributed by atoms with Crippen LogP contribution in [0.1, 0.15) is 40.4 Å². The highest BCUT2D eigenvalue weighted by molar-refractivity contribution is 5.94. The number of benzene rings is 2. The minimum atomic E-state index is -0.523. The Labute approximate surface area is 201 Å². The van der Waals surface area contributed by atoms with Crippen molar-refractivity contribution >= 4 is 11.8 Å². The van der Waals surface area contributed by atoms with Gasteiger partial charge in [0.1, 0.15) is 5.82 Å². The molecule has 2 aliphatic heterocycles. The second-order valence-electron chi connectivity index (χ2n) is 9.84. The molecular formula is C27H35FN4O2. The van der Waals surface area contributed by atoms with Gasteiger partial charge in [0.15, 0.2) is 0 Å². The molecule has 1 N–H and O–H groups in total. The molecule has 0 radical (unpaired) electrons. The van der Waals surface area contributed by atoms with Crippen LogP contribution in [0, 0.1) is 11.2 Å². The number of nitrogens with zero attached hydrogens (tertiary/aromatic N) is 3.